The summed E-state index contributed by atoms with van der Waals surface area (Å²) < 4.78 is 68.8. The highest BCUT2D eigenvalue weighted by Crippen LogP contribution is 2.45. The third kappa shape index (κ3) is 73.6. The molecule has 4 unspecified atom stereocenters. The van der Waals surface area contributed by atoms with Crippen molar-refractivity contribution >= 4 is 39.5 Å². The molecule has 0 saturated carbocycles. The largest absolute Gasteiger partial charge is 0.472 e. The normalized spacial score (nSPS) is 14.5. The van der Waals surface area contributed by atoms with Gasteiger partial charge in [0, 0.05) is 25.7 Å². The Bertz CT molecular complexity index is 1990. The summed E-state index contributed by atoms with van der Waals surface area (Å²) in [6, 6.07) is 0. The Morgan fingerprint density at radius 3 is 0.696 bits per heavy atom. The summed E-state index contributed by atoms with van der Waals surface area (Å²) in [5.41, 5.74) is 0. The highest BCUT2D eigenvalue weighted by atomic mass is 31.2. The number of hydrogen-bond donors (Lipinski definition) is 3. The summed E-state index contributed by atoms with van der Waals surface area (Å²) in [5, 5.41) is 10.7. The van der Waals surface area contributed by atoms with Gasteiger partial charge in [0.1, 0.15) is 19.3 Å². The number of carbonyl (C=O) groups is 4. The molecule has 17 nitrogen and oxygen atoms in total. The van der Waals surface area contributed by atoms with Gasteiger partial charge in [-0.15, -0.1) is 0 Å². The molecular weight excluding hydrogens is 1330 g/mol. The topological polar surface area (TPSA) is 237 Å². The average molecular weight is 1490 g/mol. The molecule has 19 heteroatoms. The predicted octanol–water partition coefficient (Wildman–Crippen LogP) is 24.8. The quantitative estimate of drug-likeness (QED) is 0.0222. The van der Waals surface area contributed by atoms with E-state index in [9.17, 15) is 43.2 Å². The minimum absolute atomic E-state index is 0.106. The summed E-state index contributed by atoms with van der Waals surface area (Å²) in [6.07, 6.45) is 59.7. The molecule has 0 aliphatic rings. The molecule has 0 fully saturated rings. The van der Waals surface area contributed by atoms with Gasteiger partial charge in [-0.25, -0.2) is 9.13 Å². The molecule has 0 rings (SSSR count). The zero-order valence-corrected chi connectivity index (χ0v) is 69.0. The van der Waals surface area contributed by atoms with Crippen molar-refractivity contribution in [1.29, 1.82) is 0 Å². The van der Waals surface area contributed by atoms with Crippen molar-refractivity contribution in [2.24, 2.45) is 23.7 Å². The van der Waals surface area contributed by atoms with Crippen LogP contribution in [0.5, 0.6) is 0 Å². The van der Waals surface area contributed by atoms with Crippen LogP contribution in [0.3, 0.4) is 0 Å². The fourth-order valence-corrected chi connectivity index (χ4v) is 14.3. The number of unbranched alkanes of at least 4 members (excludes halogenated alkanes) is 44. The Balaban J connectivity index is 5.23. The fraction of sp³-hybridized carbons (Fsp3) is 0.952. The number of aliphatic hydroxyl groups is 1. The molecule has 606 valence electrons. The van der Waals surface area contributed by atoms with Gasteiger partial charge in [0.25, 0.3) is 0 Å². The van der Waals surface area contributed by atoms with Crippen molar-refractivity contribution in [3.63, 3.8) is 0 Å². The zero-order chi connectivity index (χ0) is 75.3. The van der Waals surface area contributed by atoms with E-state index >= 15 is 0 Å². The third-order valence-electron chi connectivity index (χ3n) is 20.0. The van der Waals surface area contributed by atoms with Crippen molar-refractivity contribution in [2.45, 2.75) is 446 Å². The van der Waals surface area contributed by atoms with Crippen molar-refractivity contribution in [3.8, 4) is 0 Å². The van der Waals surface area contributed by atoms with E-state index in [4.69, 9.17) is 37.0 Å². The number of carbonyl (C=O) groups excluding carboxylic acids is 4. The van der Waals surface area contributed by atoms with Crippen LogP contribution < -0.4 is 0 Å². The van der Waals surface area contributed by atoms with Crippen LogP contribution in [0.4, 0.5) is 0 Å². The minimum Gasteiger partial charge on any atom is -0.462 e. The van der Waals surface area contributed by atoms with Crippen LogP contribution in [0.15, 0.2) is 0 Å². The SMILES string of the molecule is CCC(C)CCCCCCCCCCCCCCCCCCCCC(=O)O[C@H](COC(=O)CCCCCCCCCCCCCCC(C)C)COP(=O)(O)OC[C@@H](O)COP(=O)(O)OC[C@@H](COC(=O)CCCCCCCCC(C)CC)OC(=O)CCCCCCCCCCCCCCC(C)C. The van der Waals surface area contributed by atoms with E-state index in [2.05, 4.69) is 55.4 Å². The van der Waals surface area contributed by atoms with Gasteiger partial charge in [-0.1, -0.05) is 376 Å². The first-order valence-electron chi connectivity index (χ1n) is 42.8. The summed E-state index contributed by atoms with van der Waals surface area (Å²) >= 11 is 0. The van der Waals surface area contributed by atoms with Gasteiger partial charge >= 0.3 is 39.5 Å². The van der Waals surface area contributed by atoms with Crippen LogP contribution in [0, 0.1) is 23.7 Å². The number of hydrogen-bond acceptors (Lipinski definition) is 15. The molecule has 0 spiro atoms. The molecule has 3 N–H and O–H groups in total. The van der Waals surface area contributed by atoms with E-state index in [0.717, 1.165) is 120 Å². The van der Waals surface area contributed by atoms with E-state index in [1.54, 1.807) is 0 Å². The van der Waals surface area contributed by atoms with Gasteiger partial charge in [0.2, 0.25) is 0 Å². The van der Waals surface area contributed by atoms with E-state index < -0.39 is 97.5 Å². The highest BCUT2D eigenvalue weighted by Gasteiger charge is 2.30. The summed E-state index contributed by atoms with van der Waals surface area (Å²) in [7, 11) is -9.92. The van der Waals surface area contributed by atoms with Crippen LogP contribution in [-0.2, 0) is 65.4 Å². The average Bonchev–Trinajstić information content (AvgIpc) is 0.920. The maximum atomic E-state index is 13.1. The van der Waals surface area contributed by atoms with E-state index in [1.807, 2.05) is 0 Å². The Kier molecular flexibility index (Phi) is 70.6. The minimum atomic E-state index is -4.96. The number of aliphatic hydroxyl groups excluding tert-OH is 1. The van der Waals surface area contributed by atoms with Crippen LogP contribution in [-0.4, -0.2) is 96.7 Å². The molecule has 0 aromatic carbocycles. The standard InChI is InChI=1S/C83H162O17P2/c1-9-75(7)61-53-45-37-31-25-17-15-13-11-12-14-16-18-27-33-39-49-57-65-82(87)99-78(69-93-80(85)63-55-47-38-32-26-21-19-23-29-35-43-51-59-73(3)4)71-97-101(89,90)95-67-77(84)68-96-102(91,92)98-72-79(70-94-81(86)64-56-48-42-41-46-54-62-76(8)10-2)100-83(88)66-58-50-40-34-28-22-20-24-30-36-44-52-60-74(5)6/h73-79,84H,9-72H2,1-8H3,(H,89,90)(H,91,92)/t75?,76?,77-,78-,79-/m1/s1. The van der Waals surface area contributed by atoms with Crippen molar-refractivity contribution in [1.82, 2.24) is 0 Å². The second kappa shape index (κ2) is 72.0. The summed E-state index contributed by atoms with van der Waals surface area (Å²) in [5.74, 6) is 1.05. The van der Waals surface area contributed by atoms with Gasteiger partial charge in [0.05, 0.1) is 26.4 Å². The molecule has 0 aromatic heterocycles. The maximum Gasteiger partial charge on any atom is 0.472 e. The molecule has 7 atom stereocenters. The van der Waals surface area contributed by atoms with E-state index in [0.29, 0.717) is 25.7 Å². The lowest BCUT2D eigenvalue weighted by Gasteiger charge is -2.21. The molecule has 0 aliphatic heterocycles. The fourth-order valence-electron chi connectivity index (χ4n) is 12.7. The Hall–Kier alpha value is -1.94. The molecule has 0 heterocycles. The van der Waals surface area contributed by atoms with Crippen LogP contribution in [0.2, 0.25) is 0 Å². The zero-order valence-electron chi connectivity index (χ0n) is 67.2. The van der Waals surface area contributed by atoms with Crippen LogP contribution in [0.1, 0.15) is 428 Å². The number of phosphoric ester groups is 2. The first kappa shape index (κ1) is 100. The predicted molar refractivity (Wildman–Crippen MR) is 418 cm³/mol. The lowest BCUT2D eigenvalue weighted by atomic mass is 9.99. The Labute approximate surface area is 626 Å². The molecule has 0 amide bonds. The molecule has 0 aliphatic carbocycles. The second-order valence-electron chi connectivity index (χ2n) is 31.3. The second-order valence-corrected chi connectivity index (χ2v) is 34.2. The van der Waals surface area contributed by atoms with E-state index in [-0.39, 0.29) is 25.7 Å². The number of esters is 4. The summed E-state index contributed by atoms with van der Waals surface area (Å²) in [4.78, 5) is 73.1. The maximum absolute atomic E-state index is 13.1. The molecule has 0 saturated heterocycles. The van der Waals surface area contributed by atoms with Crippen LogP contribution in [0.25, 0.3) is 0 Å². The summed E-state index contributed by atoms with van der Waals surface area (Å²) in [6.45, 7) is 14.3. The van der Waals surface area contributed by atoms with Crippen molar-refractivity contribution in [2.75, 3.05) is 39.6 Å². The lowest BCUT2D eigenvalue weighted by Crippen LogP contribution is -2.30. The Morgan fingerprint density at radius 2 is 0.471 bits per heavy atom. The highest BCUT2D eigenvalue weighted by molar-refractivity contribution is 7.47. The Morgan fingerprint density at radius 1 is 0.275 bits per heavy atom. The first-order valence-corrected chi connectivity index (χ1v) is 45.8. The molecule has 0 aromatic rings. The molecule has 102 heavy (non-hydrogen) atoms. The molecule has 0 bridgehead atoms. The smallest absolute Gasteiger partial charge is 0.462 e. The van der Waals surface area contributed by atoms with Gasteiger partial charge in [-0.2, -0.15) is 0 Å². The van der Waals surface area contributed by atoms with Crippen molar-refractivity contribution in [3.05, 3.63) is 0 Å². The van der Waals surface area contributed by atoms with Crippen LogP contribution >= 0.6 is 15.6 Å². The number of rotatable bonds is 80. The van der Waals surface area contributed by atoms with Gasteiger partial charge in [-0.05, 0) is 49.4 Å². The van der Waals surface area contributed by atoms with Gasteiger partial charge in [-0.3, -0.25) is 37.3 Å². The number of phosphoric acid groups is 2. The molecular formula is C83H162O17P2. The third-order valence-corrected chi connectivity index (χ3v) is 21.9. The lowest BCUT2D eigenvalue weighted by molar-refractivity contribution is -0.161. The number of ether oxygens (including phenoxy) is 4. The van der Waals surface area contributed by atoms with E-state index in [1.165, 1.54) is 225 Å². The van der Waals surface area contributed by atoms with Crippen molar-refractivity contribution < 1.29 is 80.2 Å². The monoisotopic (exact) mass is 1490 g/mol. The molecule has 0 radical (unpaired) electrons. The first-order chi connectivity index (χ1) is 49.2. The van der Waals surface area contributed by atoms with Gasteiger partial charge in [0.15, 0.2) is 12.2 Å². The van der Waals surface area contributed by atoms with Gasteiger partial charge < -0.3 is 33.8 Å².